The molecule has 2 fully saturated rings. The largest absolute Gasteiger partial charge is 0.481 e. The molecule has 2 unspecified atom stereocenters. The fourth-order valence-corrected chi connectivity index (χ4v) is 3.42. The summed E-state index contributed by atoms with van der Waals surface area (Å²) in [5.41, 5.74) is 1.22. The molecule has 0 radical (unpaired) electrons. The van der Waals surface area contributed by atoms with Gasteiger partial charge in [0.25, 0.3) is 5.91 Å². The topological polar surface area (TPSA) is 70.1 Å². The molecule has 3 rings (SSSR count). The Kier molecular flexibility index (Phi) is 5.48. The van der Waals surface area contributed by atoms with Gasteiger partial charge in [0.2, 0.25) is 0 Å². The van der Waals surface area contributed by atoms with Crippen molar-refractivity contribution in [2.45, 2.75) is 25.5 Å². The molecule has 1 amide bonds. The molecule has 0 bridgehead atoms. The van der Waals surface area contributed by atoms with Gasteiger partial charge in [-0.25, -0.2) is 0 Å². The molecule has 1 N–H and O–H groups in total. The van der Waals surface area contributed by atoms with Crippen LogP contribution in [-0.4, -0.2) is 65.7 Å². The minimum atomic E-state index is -0.817. The molecule has 0 aromatic heterocycles. The maximum atomic E-state index is 12.7. The molecule has 1 aromatic carbocycles. The third-order valence-electron chi connectivity index (χ3n) is 4.76. The number of carbonyl (C=O) groups is 2. The van der Waals surface area contributed by atoms with Crippen LogP contribution >= 0.6 is 0 Å². The first kappa shape index (κ1) is 16.9. The Morgan fingerprint density at radius 2 is 1.96 bits per heavy atom. The molecule has 2 heterocycles. The summed E-state index contributed by atoms with van der Waals surface area (Å²) in [5.74, 6) is -1.34. The molecule has 6 heteroatoms. The van der Waals surface area contributed by atoms with Crippen LogP contribution in [0.5, 0.6) is 0 Å². The molecule has 1 aromatic rings. The van der Waals surface area contributed by atoms with Crippen molar-refractivity contribution in [3.05, 3.63) is 35.9 Å². The van der Waals surface area contributed by atoms with E-state index < -0.39 is 18.0 Å². The molecule has 24 heavy (non-hydrogen) atoms. The number of hydrogen-bond donors (Lipinski definition) is 1. The number of rotatable bonds is 4. The van der Waals surface area contributed by atoms with Crippen molar-refractivity contribution >= 4 is 11.9 Å². The Bertz CT molecular complexity index is 578. The number of nitrogens with zero attached hydrogens (tertiary/aromatic N) is 2. The van der Waals surface area contributed by atoms with Gasteiger partial charge < -0.3 is 14.7 Å². The van der Waals surface area contributed by atoms with E-state index in [-0.39, 0.29) is 5.91 Å². The van der Waals surface area contributed by atoms with Crippen LogP contribution in [0.15, 0.2) is 30.3 Å². The second-order valence-corrected chi connectivity index (χ2v) is 6.54. The number of carbonyl (C=O) groups excluding carboxylic acids is 1. The van der Waals surface area contributed by atoms with E-state index in [2.05, 4.69) is 17.0 Å². The lowest BCUT2D eigenvalue weighted by molar-refractivity contribution is -0.154. The Hall–Kier alpha value is -1.92. The quantitative estimate of drug-likeness (QED) is 0.897. The van der Waals surface area contributed by atoms with Crippen molar-refractivity contribution in [3.8, 4) is 0 Å². The van der Waals surface area contributed by atoms with E-state index in [1.54, 1.807) is 4.90 Å². The van der Waals surface area contributed by atoms with E-state index in [4.69, 9.17) is 4.74 Å². The van der Waals surface area contributed by atoms with Crippen LogP contribution in [0.1, 0.15) is 18.4 Å². The van der Waals surface area contributed by atoms with Gasteiger partial charge in [0, 0.05) is 32.7 Å². The van der Waals surface area contributed by atoms with Gasteiger partial charge >= 0.3 is 5.97 Å². The second kappa shape index (κ2) is 7.77. The maximum absolute atomic E-state index is 12.7. The zero-order chi connectivity index (χ0) is 16.9. The number of ether oxygens (including phenoxy) is 1. The van der Waals surface area contributed by atoms with Crippen LogP contribution in [0.4, 0.5) is 0 Å². The summed E-state index contributed by atoms with van der Waals surface area (Å²) in [7, 11) is 0. The molecule has 6 nitrogen and oxygen atoms in total. The van der Waals surface area contributed by atoms with Crippen molar-refractivity contribution in [1.29, 1.82) is 0 Å². The van der Waals surface area contributed by atoms with E-state index in [0.717, 1.165) is 19.5 Å². The number of piperidine rings is 1. The third kappa shape index (κ3) is 4.13. The van der Waals surface area contributed by atoms with E-state index in [1.165, 1.54) is 5.56 Å². The Morgan fingerprint density at radius 3 is 2.71 bits per heavy atom. The summed E-state index contributed by atoms with van der Waals surface area (Å²) >= 11 is 0. The summed E-state index contributed by atoms with van der Waals surface area (Å²) in [6, 6.07) is 10.2. The average Bonchev–Trinajstić information content (AvgIpc) is 2.62. The number of aliphatic carboxylic acids is 1. The first-order chi connectivity index (χ1) is 11.6. The van der Waals surface area contributed by atoms with Crippen molar-refractivity contribution in [1.82, 2.24) is 9.80 Å². The molecule has 2 aliphatic heterocycles. The fraction of sp³-hybridized carbons (Fsp3) is 0.556. The van der Waals surface area contributed by atoms with Crippen LogP contribution in [0.25, 0.3) is 0 Å². The Balaban J connectivity index is 1.57. The van der Waals surface area contributed by atoms with Gasteiger partial charge in [0.15, 0.2) is 0 Å². The van der Waals surface area contributed by atoms with Crippen LogP contribution in [0, 0.1) is 5.92 Å². The zero-order valence-corrected chi connectivity index (χ0v) is 13.8. The van der Waals surface area contributed by atoms with Crippen LogP contribution in [0.2, 0.25) is 0 Å². The predicted molar refractivity (Wildman–Crippen MR) is 88.4 cm³/mol. The molecule has 2 atom stereocenters. The molecule has 130 valence electrons. The predicted octanol–water partition coefficient (Wildman–Crippen LogP) is 1.21. The van der Waals surface area contributed by atoms with Crippen molar-refractivity contribution in [2.24, 2.45) is 5.92 Å². The number of amides is 1. The van der Waals surface area contributed by atoms with E-state index in [0.29, 0.717) is 32.7 Å². The third-order valence-corrected chi connectivity index (χ3v) is 4.76. The van der Waals surface area contributed by atoms with Gasteiger partial charge in [-0.15, -0.1) is 0 Å². The molecule has 2 saturated heterocycles. The van der Waals surface area contributed by atoms with Gasteiger partial charge in [-0.2, -0.15) is 0 Å². The highest BCUT2D eigenvalue weighted by Crippen LogP contribution is 2.19. The summed E-state index contributed by atoms with van der Waals surface area (Å²) < 4.78 is 5.68. The second-order valence-electron chi connectivity index (χ2n) is 6.54. The van der Waals surface area contributed by atoms with Gasteiger partial charge in [-0.1, -0.05) is 30.3 Å². The standard InChI is InChI=1S/C18H24N2O4/c21-17(20-8-4-7-15(12-20)18(22)23)16-13-19(9-10-24-16)11-14-5-2-1-3-6-14/h1-3,5-6,15-16H,4,7-13H2,(H,22,23). The van der Waals surface area contributed by atoms with Gasteiger partial charge in [-0.3, -0.25) is 14.5 Å². The van der Waals surface area contributed by atoms with Crippen LogP contribution in [-0.2, 0) is 20.9 Å². The molecule has 0 aliphatic carbocycles. The number of carboxylic acid groups (broad SMARTS) is 1. The van der Waals surface area contributed by atoms with Crippen LogP contribution < -0.4 is 0 Å². The number of likely N-dealkylation sites (tertiary alicyclic amines) is 1. The monoisotopic (exact) mass is 332 g/mol. The van der Waals surface area contributed by atoms with E-state index in [9.17, 15) is 14.7 Å². The average molecular weight is 332 g/mol. The van der Waals surface area contributed by atoms with Gasteiger partial charge in [0.1, 0.15) is 6.10 Å². The smallest absolute Gasteiger partial charge is 0.308 e. The first-order valence-corrected chi connectivity index (χ1v) is 8.53. The lowest BCUT2D eigenvalue weighted by Crippen LogP contribution is -2.53. The maximum Gasteiger partial charge on any atom is 0.308 e. The molecule has 0 spiro atoms. The molecule has 0 saturated carbocycles. The summed E-state index contributed by atoms with van der Waals surface area (Å²) in [5, 5.41) is 9.18. The van der Waals surface area contributed by atoms with Crippen LogP contribution in [0.3, 0.4) is 0 Å². The molecule has 2 aliphatic rings. The summed E-state index contributed by atoms with van der Waals surface area (Å²) in [6.45, 7) is 3.61. The molecular formula is C18H24N2O4. The van der Waals surface area contributed by atoms with Crippen molar-refractivity contribution in [2.75, 3.05) is 32.8 Å². The highest BCUT2D eigenvalue weighted by molar-refractivity contribution is 5.82. The lowest BCUT2D eigenvalue weighted by Gasteiger charge is -2.37. The highest BCUT2D eigenvalue weighted by Gasteiger charge is 2.34. The number of morpholine rings is 1. The zero-order valence-electron chi connectivity index (χ0n) is 13.8. The van der Waals surface area contributed by atoms with E-state index in [1.807, 2.05) is 18.2 Å². The Labute approximate surface area is 142 Å². The summed E-state index contributed by atoms with van der Waals surface area (Å²) in [4.78, 5) is 27.8. The number of carboxylic acids is 1. The van der Waals surface area contributed by atoms with E-state index >= 15 is 0 Å². The fourth-order valence-electron chi connectivity index (χ4n) is 3.42. The number of benzene rings is 1. The normalized spacial score (nSPS) is 25.4. The van der Waals surface area contributed by atoms with Crippen molar-refractivity contribution in [3.63, 3.8) is 0 Å². The lowest BCUT2D eigenvalue weighted by atomic mass is 9.98. The minimum absolute atomic E-state index is 0.0706. The Morgan fingerprint density at radius 1 is 1.17 bits per heavy atom. The summed E-state index contributed by atoms with van der Waals surface area (Å²) in [6.07, 6.45) is 0.892. The van der Waals surface area contributed by atoms with Gasteiger partial charge in [0.05, 0.1) is 12.5 Å². The molecular weight excluding hydrogens is 308 g/mol. The first-order valence-electron chi connectivity index (χ1n) is 8.53. The number of hydrogen-bond acceptors (Lipinski definition) is 4. The minimum Gasteiger partial charge on any atom is -0.481 e. The van der Waals surface area contributed by atoms with Gasteiger partial charge in [-0.05, 0) is 18.4 Å². The van der Waals surface area contributed by atoms with Crippen molar-refractivity contribution < 1.29 is 19.4 Å². The highest BCUT2D eigenvalue weighted by atomic mass is 16.5. The SMILES string of the molecule is O=C(O)C1CCCN(C(=O)C2CN(Cc3ccccc3)CCO2)C1.